The Hall–Kier alpha value is -0.790. The molecule has 0 fully saturated rings. The van der Waals surface area contributed by atoms with Crippen molar-refractivity contribution in [2.45, 2.75) is 32.6 Å². The molecule has 0 saturated heterocycles. The van der Waals surface area contributed by atoms with Crippen LogP contribution < -0.4 is 0 Å². The van der Waals surface area contributed by atoms with Crippen LogP contribution in [-0.2, 0) is 12.8 Å². The van der Waals surface area contributed by atoms with Crippen molar-refractivity contribution in [2.75, 3.05) is 5.88 Å². The maximum absolute atomic E-state index is 6.15. The third kappa shape index (κ3) is 3.37. The summed E-state index contributed by atoms with van der Waals surface area (Å²) in [5.74, 6) is 1.11. The minimum absolute atomic E-state index is 0.426. The number of aryl methyl sites for hydroxylation is 2. The Labute approximate surface area is 119 Å². The van der Waals surface area contributed by atoms with E-state index < -0.39 is 0 Å². The molecule has 0 nitrogen and oxygen atoms in total. The van der Waals surface area contributed by atoms with E-state index in [4.69, 9.17) is 11.6 Å². The van der Waals surface area contributed by atoms with Crippen molar-refractivity contribution in [2.24, 2.45) is 0 Å². The van der Waals surface area contributed by atoms with E-state index in [0.717, 1.165) is 12.8 Å². The molecule has 96 valence electrons. The van der Waals surface area contributed by atoms with Gasteiger partial charge in [-0.3, -0.25) is 0 Å². The predicted molar refractivity (Wildman–Crippen MR) is 82.0 cm³/mol. The summed E-state index contributed by atoms with van der Waals surface area (Å²) in [6.07, 6.45) is 2.18. The summed E-state index contributed by atoms with van der Waals surface area (Å²) >= 11 is 8.07. The van der Waals surface area contributed by atoms with Crippen LogP contribution in [-0.4, -0.2) is 5.88 Å². The smallest absolute Gasteiger partial charge is 0.0295 e. The average Bonchev–Trinajstić information content (AvgIpc) is 2.83. The first-order chi connectivity index (χ1) is 8.72. The monoisotopic (exact) mass is 278 g/mol. The molecule has 0 aliphatic carbocycles. The van der Waals surface area contributed by atoms with Crippen molar-refractivity contribution >= 4 is 22.9 Å². The first-order valence-electron chi connectivity index (χ1n) is 6.43. The molecular formula is C16H19ClS. The lowest BCUT2D eigenvalue weighted by molar-refractivity contribution is 0.775. The number of hydrogen-bond donors (Lipinski definition) is 0. The molecule has 0 aliphatic rings. The predicted octanol–water partition coefficient (Wildman–Crippen LogP) is 5.18. The molecule has 1 atom stereocenters. The van der Waals surface area contributed by atoms with Crippen LogP contribution in [0.15, 0.2) is 36.4 Å². The maximum atomic E-state index is 6.15. The minimum Gasteiger partial charge on any atom is -0.145 e. The van der Waals surface area contributed by atoms with Gasteiger partial charge in [0, 0.05) is 21.6 Å². The highest BCUT2D eigenvalue weighted by Crippen LogP contribution is 2.27. The van der Waals surface area contributed by atoms with Gasteiger partial charge >= 0.3 is 0 Å². The quantitative estimate of drug-likeness (QED) is 0.661. The molecule has 18 heavy (non-hydrogen) atoms. The van der Waals surface area contributed by atoms with Gasteiger partial charge in [0.05, 0.1) is 0 Å². The Balaban J connectivity index is 2.14. The molecule has 0 amide bonds. The molecule has 0 spiro atoms. The van der Waals surface area contributed by atoms with Crippen LogP contribution in [0.4, 0.5) is 0 Å². The van der Waals surface area contributed by atoms with Gasteiger partial charge in [0.2, 0.25) is 0 Å². The summed E-state index contributed by atoms with van der Waals surface area (Å²) in [5.41, 5.74) is 2.67. The van der Waals surface area contributed by atoms with E-state index in [0.29, 0.717) is 11.8 Å². The van der Waals surface area contributed by atoms with Crippen molar-refractivity contribution in [3.05, 3.63) is 57.3 Å². The lowest BCUT2D eigenvalue weighted by Gasteiger charge is -2.14. The SMILES string of the molecule is CCc1ccc(CC(CCl)c2cccc(C)c2)s1. The van der Waals surface area contributed by atoms with Crippen LogP contribution in [0.25, 0.3) is 0 Å². The van der Waals surface area contributed by atoms with Gasteiger partial charge in [-0.1, -0.05) is 36.8 Å². The average molecular weight is 279 g/mol. The maximum Gasteiger partial charge on any atom is 0.0295 e. The summed E-state index contributed by atoms with van der Waals surface area (Å²) in [5, 5.41) is 0. The summed E-state index contributed by atoms with van der Waals surface area (Å²) in [4.78, 5) is 2.90. The van der Waals surface area contributed by atoms with Crippen LogP contribution >= 0.6 is 22.9 Å². The molecule has 1 aromatic heterocycles. The van der Waals surface area contributed by atoms with Crippen molar-refractivity contribution in [1.29, 1.82) is 0 Å². The second-order valence-electron chi connectivity index (χ2n) is 4.69. The minimum atomic E-state index is 0.426. The number of rotatable bonds is 5. The van der Waals surface area contributed by atoms with Crippen LogP contribution in [0.3, 0.4) is 0 Å². The van der Waals surface area contributed by atoms with E-state index in [1.165, 1.54) is 20.9 Å². The molecule has 1 aromatic carbocycles. The lowest BCUT2D eigenvalue weighted by Crippen LogP contribution is -2.03. The summed E-state index contributed by atoms with van der Waals surface area (Å²) < 4.78 is 0. The molecular weight excluding hydrogens is 260 g/mol. The van der Waals surface area contributed by atoms with Gasteiger partial charge in [-0.2, -0.15) is 0 Å². The van der Waals surface area contributed by atoms with Crippen molar-refractivity contribution < 1.29 is 0 Å². The normalized spacial score (nSPS) is 12.6. The van der Waals surface area contributed by atoms with E-state index in [2.05, 4.69) is 50.2 Å². The van der Waals surface area contributed by atoms with Crippen LogP contribution in [0.1, 0.15) is 33.7 Å². The third-order valence-electron chi connectivity index (χ3n) is 3.21. The van der Waals surface area contributed by atoms with Crippen molar-refractivity contribution in [1.82, 2.24) is 0 Å². The first kappa shape index (κ1) is 13.6. The number of hydrogen-bond acceptors (Lipinski definition) is 1. The highest BCUT2D eigenvalue weighted by Gasteiger charge is 2.12. The standard InChI is InChI=1S/C16H19ClS/c1-3-15-7-8-16(18-15)10-14(11-17)13-6-4-5-12(2)9-13/h4-9,14H,3,10-11H2,1-2H3. The number of benzene rings is 1. The molecule has 0 saturated carbocycles. The zero-order chi connectivity index (χ0) is 13.0. The van der Waals surface area contributed by atoms with Crippen LogP contribution in [0.2, 0.25) is 0 Å². The Morgan fingerprint density at radius 1 is 1.17 bits per heavy atom. The van der Waals surface area contributed by atoms with Gasteiger partial charge in [-0.15, -0.1) is 22.9 Å². The third-order valence-corrected chi connectivity index (χ3v) is 4.84. The highest BCUT2D eigenvalue weighted by molar-refractivity contribution is 7.11. The number of halogens is 1. The molecule has 0 bridgehead atoms. The Kier molecular flexibility index (Phi) is 4.85. The van der Waals surface area contributed by atoms with Crippen LogP contribution in [0, 0.1) is 6.92 Å². The zero-order valence-corrected chi connectivity index (χ0v) is 12.5. The van der Waals surface area contributed by atoms with Gasteiger partial charge in [-0.05, 0) is 37.5 Å². The molecule has 2 rings (SSSR count). The lowest BCUT2D eigenvalue weighted by atomic mass is 9.95. The van der Waals surface area contributed by atoms with E-state index in [9.17, 15) is 0 Å². The van der Waals surface area contributed by atoms with Gasteiger partial charge in [-0.25, -0.2) is 0 Å². The van der Waals surface area contributed by atoms with Gasteiger partial charge in [0.25, 0.3) is 0 Å². The van der Waals surface area contributed by atoms with E-state index in [-0.39, 0.29) is 0 Å². The molecule has 1 heterocycles. The van der Waals surface area contributed by atoms with Gasteiger partial charge in [0.1, 0.15) is 0 Å². The Morgan fingerprint density at radius 3 is 2.56 bits per heavy atom. The molecule has 0 N–H and O–H groups in total. The first-order valence-corrected chi connectivity index (χ1v) is 7.78. The van der Waals surface area contributed by atoms with E-state index >= 15 is 0 Å². The van der Waals surface area contributed by atoms with Crippen molar-refractivity contribution in [3.63, 3.8) is 0 Å². The topological polar surface area (TPSA) is 0 Å². The Morgan fingerprint density at radius 2 is 1.94 bits per heavy atom. The number of thiophene rings is 1. The second-order valence-corrected chi connectivity index (χ2v) is 6.25. The molecule has 0 radical (unpaired) electrons. The summed E-state index contributed by atoms with van der Waals surface area (Å²) in [6.45, 7) is 4.34. The van der Waals surface area contributed by atoms with E-state index in [1.807, 2.05) is 11.3 Å². The zero-order valence-electron chi connectivity index (χ0n) is 10.9. The fraction of sp³-hybridized carbons (Fsp3) is 0.375. The largest absolute Gasteiger partial charge is 0.145 e. The fourth-order valence-electron chi connectivity index (χ4n) is 2.15. The number of alkyl halides is 1. The van der Waals surface area contributed by atoms with Gasteiger partial charge < -0.3 is 0 Å². The molecule has 2 heteroatoms. The van der Waals surface area contributed by atoms with E-state index in [1.54, 1.807) is 0 Å². The summed E-state index contributed by atoms with van der Waals surface area (Å²) in [6, 6.07) is 13.2. The van der Waals surface area contributed by atoms with Gasteiger partial charge in [0.15, 0.2) is 0 Å². The molecule has 2 aromatic rings. The van der Waals surface area contributed by atoms with Crippen molar-refractivity contribution in [3.8, 4) is 0 Å². The van der Waals surface area contributed by atoms with Crippen LogP contribution in [0.5, 0.6) is 0 Å². The fourth-order valence-corrected chi connectivity index (χ4v) is 3.48. The molecule has 1 unspecified atom stereocenters. The molecule has 0 aliphatic heterocycles. The Bertz CT molecular complexity index is 501. The second kappa shape index (κ2) is 6.40. The highest BCUT2D eigenvalue weighted by atomic mass is 35.5. The summed E-state index contributed by atoms with van der Waals surface area (Å²) in [7, 11) is 0.